The number of carbonyl (C=O) groups is 3. The number of amides is 2. The minimum absolute atomic E-state index is 0.129. The molecular weight excluding hydrogens is 344 g/mol. The van der Waals surface area contributed by atoms with E-state index in [-0.39, 0.29) is 24.2 Å². The molecule has 0 saturated carbocycles. The van der Waals surface area contributed by atoms with Crippen molar-refractivity contribution < 1.29 is 19.1 Å². The van der Waals surface area contributed by atoms with E-state index >= 15 is 0 Å². The van der Waals surface area contributed by atoms with Crippen LogP contribution in [0.4, 0.5) is 5.69 Å². The number of hydrogen-bond acceptors (Lipinski definition) is 4. The Balaban J connectivity index is 1.97. The number of ether oxygens (including phenoxy) is 1. The summed E-state index contributed by atoms with van der Waals surface area (Å²) in [6.45, 7) is 5.10. The average molecular weight is 368 g/mol. The number of rotatable bonds is 7. The Bertz CT molecular complexity index is 786. The van der Waals surface area contributed by atoms with Gasteiger partial charge < -0.3 is 15.4 Å². The summed E-state index contributed by atoms with van der Waals surface area (Å²) < 4.78 is 5.38. The maximum absolute atomic E-state index is 12.5. The molecule has 0 fully saturated rings. The summed E-state index contributed by atoms with van der Waals surface area (Å²) in [5.41, 5.74) is 1.48. The van der Waals surface area contributed by atoms with Crippen molar-refractivity contribution in [3.05, 3.63) is 60.2 Å². The van der Waals surface area contributed by atoms with E-state index in [0.717, 1.165) is 5.56 Å². The normalized spacial score (nSPS) is 11.6. The van der Waals surface area contributed by atoms with Gasteiger partial charge in [0.15, 0.2) is 0 Å². The lowest BCUT2D eigenvalue weighted by molar-refractivity contribution is -0.140. The molecule has 2 amide bonds. The Morgan fingerprint density at radius 3 is 2.15 bits per heavy atom. The summed E-state index contributed by atoms with van der Waals surface area (Å²) in [5.74, 6) is -0.731. The Hall–Kier alpha value is -3.15. The zero-order chi connectivity index (χ0) is 19.8. The molecule has 142 valence electrons. The summed E-state index contributed by atoms with van der Waals surface area (Å²) in [7, 11) is 0. The van der Waals surface area contributed by atoms with Gasteiger partial charge in [-0.15, -0.1) is 0 Å². The molecule has 0 unspecified atom stereocenters. The fraction of sp³-hybridized carbons (Fsp3) is 0.286. The quantitative estimate of drug-likeness (QED) is 0.581. The Kier molecular flexibility index (Phi) is 7.11. The predicted molar refractivity (Wildman–Crippen MR) is 103 cm³/mol. The number of esters is 1. The molecule has 2 aromatic carbocycles. The van der Waals surface area contributed by atoms with E-state index in [4.69, 9.17) is 4.74 Å². The molecule has 27 heavy (non-hydrogen) atoms. The van der Waals surface area contributed by atoms with Crippen molar-refractivity contribution in [1.82, 2.24) is 5.32 Å². The maximum atomic E-state index is 12.5. The third-order valence-electron chi connectivity index (χ3n) is 3.84. The molecule has 0 bridgehead atoms. The standard InChI is InChI=1S/C21H24N2O4/c1-14(2)20(23-19(25)13-16-7-5-4-6-8-16)21(26)27-18-11-9-17(10-12-18)22-15(3)24/h4-12,14,20H,13H2,1-3H3,(H,22,24)(H,23,25)/t20-/m1/s1. The molecule has 0 aliphatic carbocycles. The lowest BCUT2D eigenvalue weighted by Gasteiger charge is -2.21. The largest absolute Gasteiger partial charge is 0.425 e. The van der Waals surface area contributed by atoms with Crippen molar-refractivity contribution in [2.75, 3.05) is 5.32 Å². The van der Waals surface area contributed by atoms with Gasteiger partial charge in [0.05, 0.1) is 6.42 Å². The fourth-order valence-corrected chi connectivity index (χ4v) is 2.49. The Morgan fingerprint density at radius 2 is 1.59 bits per heavy atom. The summed E-state index contributed by atoms with van der Waals surface area (Å²) in [4.78, 5) is 35.8. The van der Waals surface area contributed by atoms with Gasteiger partial charge in [-0.2, -0.15) is 0 Å². The van der Waals surface area contributed by atoms with E-state index in [0.29, 0.717) is 11.4 Å². The molecule has 0 radical (unpaired) electrons. The zero-order valence-corrected chi connectivity index (χ0v) is 15.7. The molecule has 0 spiro atoms. The van der Waals surface area contributed by atoms with E-state index in [9.17, 15) is 14.4 Å². The van der Waals surface area contributed by atoms with Gasteiger partial charge in [0.2, 0.25) is 11.8 Å². The first-order valence-electron chi connectivity index (χ1n) is 8.78. The van der Waals surface area contributed by atoms with Gasteiger partial charge in [0, 0.05) is 12.6 Å². The highest BCUT2D eigenvalue weighted by Crippen LogP contribution is 2.17. The second-order valence-corrected chi connectivity index (χ2v) is 6.58. The number of carbonyl (C=O) groups excluding carboxylic acids is 3. The van der Waals surface area contributed by atoms with Crippen LogP contribution in [0, 0.1) is 5.92 Å². The second kappa shape index (κ2) is 9.52. The zero-order valence-electron chi connectivity index (χ0n) is 15.7. The van der Waals surface area contributed by atoms with Crippen molar-refractivity contribution in [1.29, 1.82) is 0 Å². The monoisotopic (exact) mass is 368 g/mol. The first-order valence-corrected chi connectivity index (χ1v) is 8.78. The van der Waals surface area contributed by atoms with Crippen LogP contribution in [-0.4, -0.2) is 23.8 Å². The minimum Gasteiger partial charge on any atom is -0.425 e. The fourth-order valence-electron chi connectivity index (χ4n) is 2.49. The average Bonchev–Trinajstić information content (AvgIpc) is 2.61. The molecule has 2 rings (SSSR count). The van der Waals surface area contributed by atoms with Gasteiger partial charge in [0.1, 0.15) is 11.8 Å². The molecule has 0 saturated heterocycles. The lowest BCUT2D eigenvalue weighted by atomic mass is 10.0. The van der Waals surface area contributed by atoms with Crippen molar-refractivity contribution >= 4 is 23.5 Å². The molecule has 0 aliphatic rings. The van der Waals surface area contributed by atoms with Crippen LogP contribution in [0.1, 0.15) is 26.3 Å². The van der Waals surface area contributed by atoms with Crippen LogP contribution in [0.15, 0.2) is 54.6 Å². The SMILES string of the molecule is CC(=O)Nc1ccc(OC(=O)[C@H](NC(=O)Cc2ccccc2)C(C)C)cc1. The van der Waals surface area contributed by atoms with Crippen LogP contribution in [0.2, 0.25) is 0 Å². The molecule has 0 aliphatic heterocycles. The number of hydrogen-bond donors (Lipinski definition) is 2. The third kappa shape index (κ3) is 6.58. The van der Waals surface area contributed by atoms with Gasteiger partial charge >= 0.3 is 5.97 Å². The van der Waals surface area contributed by atoms with E-state index in [2.05, 4.69) is 10.6 Å². The summed E-state index contributed by atoms with van der Waals surface area (Å²) in [6.07, 6.45) is 0.197. The van der Waals surface area contributed by atoms with Crippen LogP contribution in [0.5, 0.6) is 5.75 Å². The van der Waals surface area contributed by atoms with Crippen molar-refractivity contribution in [3.8, 4) is 5.75 Å². The molecule has 1 atom stereocenters. The lowest BCUT2D eigenvalue weighted by Crippen LogP contribution is -2.46. The van der Waals surface area contributed by atoms with Crippen molar-refractivity contribution in [2.24, 2.45) is 5.92 Å². The highest BCUT2D eigenvalue weighted by molar-refractivity contribution is 5.89. The maximum Gasteiger partial charge on any atom is 0.334 e. The molecule has 0 heterocycles. The van der Waals surface area contributed by atoms with Crippen LogP contribution >= 0.6 is 0 Å². The van der Waals surface area contributed by atoms with Crippen molar-refractivity contribution in [3.63, 3.8) is 0 Å². The molecule has 6 nitrogen and oxygen atoms in total. The number of nitrogens with one attached hydrogen (secondary N) is 2. The number of benzene rings is 2. The van der Waals surface area contributed by atoms with E-state index in [1.165, 1.54) is 6.92 Å². The van der Waals surface area contributed by atoms with Crippen LogP contribution < -0.4 is 15.4 Å². The van der Waals surface area contributed by atoms with Gasteiger partial charge in [-0.3, -0.25) is 9.59 Å². The smallest absolute Gasteiger partial charge is 0.334 e. The van der Waals surface area contributed by atoms with Gasteiger partial charge in [-0.1, -0.05) is 44.2 Å². The second-order valence-electron chi connectivity index (χ2n) is 6.58. The first kappa shape index (κ1) is 20.2. The van der Waals surface area contributed by atoms with Crippen LogP contribution in [0.3, 0.4) is 0 Å². The summed E-state index contributed by atoms with van der Waals surface area (Å²) in [5, 5.41) is 5.39. The number of anilines is 1. The molecule has 2 N–H and O–H groups in total. The summed E-state index contributed by atoms with van der Waals surface area (Å²) in [6, 6.07) is 15.0. The van der Waals surface area contributed by atoms with Gasteiger partial charge in [0.25, 0.3) is 0 Å². The highest BCUT2D eigenvalue weighted by Gasteiger charge is 2.26. The highest BCUT2D eigenvalue weighted by atomic mass is 16.5. The molecule has 2 aromatic rings. The van der Waals surface area contributed by atoms with Gasteiger partial charge in [-0.25, -0.2) is 4.79 Å². The van der Waals surface area contributed by atoms with E-state index in [1.54, 1.807) is 24.3 Å². The summed E-state index contributed by atoms with van der Waals surface area (Å²) >= 11 is 0. The molecular formula is C21H24N2O4. The molecule has 0 aromatic heterocycles. The van der Waals surface area contributed by atoms with E-state index < -0.39 is 12.0 Å². The Morgan fingerprint density at radius 1 is 0.963 bits per heavy atom. The van der Waals surface area contributed by atoms with Crippen molar-refractivity contribution in [2.45, 2.75) is 33.2 Å². The predicted octanol–water partition coefficient (Wildman–Crippen LogP) is 2.93. The van der Waals surface area contributed by atoms with Gasteiger partial charge in [-0.05, 0) is 35.7 Å². The van der Waals surface area contributed by atoms with E-state index in [1.807, 2.05) is 44.2 Å². The minimum atomic E-state index is -0.753. The third-order valence-corrected chi connectivity index (χ3v) is 3.84. The first-order chi connectivity index (χ1) is 12.8. The topological polar surface area (TPSA) is 84.5 Å². The van der Waals surface area contributed by atoms with Crippen LogP contribution in [-0.2, 0) is 20.8 Å². The Labute approximate surface area is 158 Å². The van der Waals surface area contributed by atoms with Crippen LogP contribution in [0.25, 0.3) is 0 Å². The molecule has 6 heteroatoms.